The summed E-state index contributed by atoms with van der Waals surface area (Å²) < 4.78 is 32.3. The lowest BCUT2D eigenvalue weighted by molar-refractivity contribution is 0.0954. The van der Waals surface area contributed by atoms with Crippen LogP contribution in [-0.2, 0) is 10.0 Å². The Morgan fingerprint density at radius 2 is 1.72 bits per heavy atom. The molecule has 3 rings (SSSR count). The molecular formula is C21H25N3O4S. The largest absolute Gasteiger partial charge is 0.497 e. The molecule has 1 saturated heterocycles. The van der Waals surface area contributed by atoms with E-state index in [1.807, 2.05) is 24.3 Å². The van der Waals surface area contributed by atoms with Crippen molar-refractivity contribution in [3.05, 3.63) is 59.7 Å². The molecule has 0 saturated carbocycles. The zero-order chi connectivity index (χ0) is 20.9. The minimum Gasteiger partial charge on any atom is -0.497 e. The number of sulfonamides is 1. The predicted octanol–water partition coefficient (Wildman–Crippen LogP) is 3.02. The minimum atomic E-state index is -3.59. The molecule has 0 aromatic heterocycles. The van der Waals surface area contributed by atoms with Crippen LogP contribution in [0.15, 0.2) is 58.5 Å². The van der Waals surface area contributed by atoms with Gasteiger partial charge in [0.25, 0.3) is 5.91 Å². The van der Waals surface area contributed by atoms with E-state index in [-0.39, 0.29) is 10.5 Å². The van der Waals surface area contributed by atoms with Crippen LogP contribution in [0.5, 0.6) is 5.75 Å². The highest BCUT2D eigenvalue weighted by Gasteiger charge is 2.26. The molecule has 1 fully saturated rings. The number of hydrogen-bond acceptors (Lipinski definition) is 5. The lowest BCUT2D eigenvalue weighted by Gasteiger charge is -2.25. The number of methoxy groups -OCH3 is 1. The lowest BCUT2D eigenvalue weighted by Crippen LogP contribution is -2.35. The van der Waals surface area contributed by atoms with Crippen LogP contribution in [0, 0.1) is 0 Å². The van der Waals surface area contributed by atoms with E-state index in [0.29, 0.717) is 18.8 Å². The fourth-order valence-corrected chi connectivity index (χ4v) is 4.71. The summed E-state index contributed by atoms with van der Waals surface area (Å²) in [5.74, 6) is 0.269. The Bertz CT molecular complexity index is 995. The van der Waals surface area contributed by atoms with Gasteiger partial charge in [-0.15, -0.1) is 0 Å². The van der Waals surface area contributed by atoms with Crippen molar-refractivity contribution in [1.82, 2.24) is 9.73 Å². The van der Waals surface area contributed by atoms with Gasteiger partial charge in [-0.2, -0.15) is 9.41 Å². The molecule has 1 aliphatic heterocycles. The molecule has 0 radical (unpaired) electrons. The molecule has 1 amide bonds. The summed E-state index contributed by atoms with van der Waals surface area (Å²) >= 11 is 0. The molecule has 0 atom stereocenters. The fraction of sp³-hybridized carbons (Fsp3) is 0.333. The first-order valence-corrected chi connectivity index (χ1v) is 10.9. The number of nitrogens with one attached hydrogen (secondary N) is 1. The maximum absolute atomic E-state index is 12.8. The summed E-state index contributed by atoms with van der Waals surface area (Å²) in [5.41, 5.74) is 4.20. The third-order valence-electron chi connectivity index (χ3n) is 4.88. The number of carbonyl (C=O) groups is 1. The number of hydrogen-bond donors (Lipinski definition) is 1. The first-order chi connectivity index (χ1) is 13.9. The van der Waals surface area contributed by atoms with Gasteiger partial charge in [0.15, 0.2) is 0 Å². The molecule has 0 spiro atoms. The van der Waals surface area contributed by atoms with Crippen molar-refractivity contribution in [2.45, 2.75) is 31.1 Å². The van der Waals surface area contributed by atoms with Gasteiger partial charge in [0, 0.05) is 18.7 Å². The zero-order valence-corrected chi connectivity index (χ0v) is 17.4. The number of piperidine rings is 1. The quantitative estimate of drug-likeness (QED) is 0.580. The van der Waals surface area contributed by atoms with Gasteiger partial charge >= 0.3 is 0 Å². The lowest BCUT2D eigenvalue weighted by atomic mass is 10.1. The number of nitrogens with zero attached hydrogens (tertiary/aromatic N) is 2. The first kappa shape index (κ1) is 21.0. The van der Waals surface area contributed by atoms with E-state index >= 15 is 0 Å². The van der Waals surface area contributed by atoms with E-state index in [2.05, 4.69) is 10.5 Å². The second-order valence-corrected chi connectivity index (χ2v) is 8.80. The Morgan fingerprint density at radius 3 is 2.38 bits per heavy atom. The molecule has 1 aliphatic rings. The highest BCUT2D eigenvalue weighted by atomic mass is 32.2. The number of hydrazone groups is 1. The van der Waals surface area contributed by atoms with Crippen molar-refractivity contribution in [2.24, 2.45) is 5.10 Å². The van der Waals surface area contributed by atoms with Gasteiger partial charge in [0.2, 0.25) is 10.0 Å². The SMILES string of the molecule is COc1ccc(/C(C)=N/NC(=O)c2cccc(S(=O)(=O)N3CCCCC3)c2)cc1. The third-order valence-corrected chi connectivity index (χ3v) is 6.78. The summed E-state index contributed by atoms with van der Waals surface area (Å²) in [6.45, 7) is 2.81. The molecule has 29 heavy (non-hydrogen) atoms. The zero-order valence-electron chi connectivity index (χ0n) is 16.6. The third kappa shape index (κ3) is 5.02. The van der Waals surface area contributed by atoms with Crippen molar-refractivity contribution in [3.63, 3.8) is 0 Å². The average molecular weight is 416 g/mol. The Hall–Kier alpha value is -2.71. The molecule has 0 unspecified atom stereocenters. The maximum atomic E-state index is 12.8. The fourth-order valence-electron chi connectivity index (χ4n) is 3.15. The molecule has 1 heterocycles. The molecular weight excluding hydrogens is 390 g/mol. The summed E-state index contributed by atoms with van der Waals surface area (Å²) in [5, 5.41) is 4.12. The number of rotatable bonds is 6. The summed E-state index contributed by atoms with van der Waals surface area (Å²) in [6.07, 6.45) is 2.76. The Morgan fingerprint density at radius 1 is 1.03 bits per heavy atom. The molecule has 0 aliphatic carbocycles. The molecule has 2 aromatic rings. The number of benzene rings is 2. The van der Waals surface area contributed by atoms with E-state index < -0.39 is 15.9 Å². The second-order valence-electron chi connectivity index (χ2n) is 6.86. The summed E-state index contributed by atoms with van der Waals surface area (Å²) in [4.78, 5) is 12.6. The smallest absolute Gasteiger partial charge is 0.271 e. The van der Waals surface area contributed by atoms with Gasteiger partial charge in [-0.25, -0.2) is 13.8 Å². The molecule has 7 nitrogen and oxygen atoms in total. The topological polar surface area (TPSA) is 88.1 Å². The van der Waals surface area contributed by atoms with Gasteiger partial charge in [0.1, 0.15) is 5.75 Å². The van der Waals surface area contributed by atoms with Gasteiger partial charge in [0.05, 0.1) is 17.7 Å². The standard InChI is InChI=1S/C21H25N3O4S/c1-16(17-9-11-19(28-2)12-10-17)22-23-21(25)18-7-6-8-20(15-18)29(26,27)24-13-4-3-5-14-24/h6-12,15H,3-5,13-14H2,1-2H3,(H,23,25)/b22-16+. The van der Waals surface area contributed by atoms with Crippen LogP contribution in [0.1, 0.15) is 42.1 Å². The minimum absolute atomic E-state index is 0.128. The molecule has 8 heteroatoms. The molecule has 154 valence electrons. The van der Waals surface area contributed by atoms with E-state index in [0.717, 1.165) is 30.6 Å². The van der Waals surface area contributed by atoms with Crippen molar-refractivity contribution >= 4 is 21.6 Å². The van der Waals surface area contributed by atoms with Crippen molar-refractivity contribution < 1.29 is 17.9 Å². The van der Waals surface area contributed by atoms with Crippen LogP contribution in [0.3, 0.4) is 0 Å². The Balaban J connectivity index is 1.73. The first-order valence-electron chi connectivity index (χ1n) is 9.51. The number of carbonyl (C=O) groups excluding carboxylic acids is 1. The van der Waals surface area contributed by atoms with Crippen LogP contribution in [0.4, 0.5) is 0 Å². The van der Waals surface area contributed by atoms with E-state index in [9.17, 15) is 13.2 Å². The van der Waals surface area contributed by atoms with Crippen molar-refractivity contribution in [1.29, 1.82) is 0 Å². The van der Waals surface area contributed by atoms with Crippen molar-refractivity contribution in [3.8, 4) is 5.75 Å². The van der Waals surface area contributed by atoms with E-state index in [1.165, 1.54) is 16.4 Å². The number of ether oxygens (including phenoxy) is 1. The van der Waals surface area contributed by atoms with E-state index in [1.54, 1.807) is 26.2 Å². The van der Waals surface area contributed by atoms with Gasteiger partial charge in [-0.05, 0) is 67.8 Å². The highest BCUT2D eigenvalue weighted by molar-refractivity contribution is 7.89. The monoisotopic (exact) mass is 415 g/mol. The summed E-state index contributed by atoms with van der Waals surface area (Å²) in [6, 6.07) is 13.4. The number of amides is 1. The average Bonchev–Trinajstić information content (AvgIpc) is 2.78. The predicted molar refractivity (Wildman–Crippen MR) is 112 cm³/mol. The maximum Gasteiger partial charge on any atom is 0.271 e. The van der Waals surface area contributed by atoms with Crippen LogP contribution < -0.4 is 10.2 Å². The van der Waals surface area contributed by atoms with Crippen LogP contribution in [0.2, 0.25) is 0 Å². The second kappa shape index (κ2) is 9.19. The normalized spacial score (nSPS) is 15.7. The molecule has 2 aromatic carbocycles. The van der Waals surface area contributed by atoms with Crippen LogP contribution in [-0.4, -0.2) is 44.5 Å². The van der Waals surface area contributed by atoms with Gasteiger partial charge in [-0.1, -0.05) is 12.5 Å². The van der Waals surface area contributed by atoms with Crippen LogP contribution in [0.25, 0.3) is 0 Å². The van der Waals surface area contributed by atoms with Gasteiger partial charge in [-0.3, -0.25) is 4.79 Å². The van der Waals surface area contributed by atoms with Crippen molar-refractivity contribution in [2.75, 3.05) is 20.2 Å². The Labute approximate surface area is 171 Å². The Kier molecular flexibility index (Phi) is 6.66. The van der Waals surface area contributed by atoms with Gasteiger partial charge < -0.3 is 4.74 Å². The summed E-state index contributed by atoms with van der Waals surface area (Å²) in [7, 11) is -2.00. The van der Waals surface area contributed by atoms with Crippen LogP contribution >= 0.6 is 0 Å². The highest BCUT2D eigenvalue weighted by Crippen LogP contribution is 2.21. The molecule has 1 N–H and O–H groups in total. The van der Waals surface area contributed by atoms with E-state index in [4.69, 9.17) is 4.74 Å². The molecule has 0 bridgehead atoms.